The van der Waals surface area contributed by atoms with Gasteiger partial charge in [-0.3, -0.25) is 14.8 Å². The summed E-state index contributed by atoms with van der Waals surface area (Å²) in [6, 6.07) is 22.2. The molecular formula is C30H29BrN4O5. The van der Waals surface area contributed by atoms with Crippen LogP contribution in [-0.4, -0.2) is 38.9 Å². The van der Waals surface area contributed by atoms with Crippen molar-refractivity contribution in [1.82, 2.24) is 15.1 Å². The second-order valence-corrected chi connectivity index (χ2v) is 10.2. The number of carbonyl (C=O) groups is 3. The molecule has 0 saturated heterocycles. The van der Waals surface area contributed by atoms with Gasteiger partial charge in [-0.2, -0.15) is 5.10 Å². The Morgan fingerprint density at radius 2 is 1.65 bits per heavy atom. The molecule has 0 fully saturated rings. The number of carboxylic acid groups (broad SMARTS) is 1. The zero-order chi connectivity index (χ0) is 28.8. The highest BCUT2D eigenvalue weighted by atomic mass is 79.9. The number of amides is 2. The second-order valence-electron chi connectivity index (χ2n) is 9.29. The predicted molar refractivity (Wildman–Crippen MR) is 155 cm³/mol. The van der Waals surface area contributed by atoms with Crippen LogP contribution >= 0.6 is 15.9 Å². The lowest BCUT2D eigenvalue weighted by atomic mass is 10.0. The molecule has 40 heavy (non-hydrogen) atoms. The van der Waals surface area contributed by atoms with Crippen LogP contribution in [0.3, 0.4) is 0 Å². The molecule has 1 unspecified atom stereocenters. The molecule has 1 heterocycles. The van der Waals surface area contributed by atoms with Gasteiger partial charge < -0.3 is 15.2 Å². The third kappa shape index (κ3) is 6.95. The summed E-state index contributed by atoms with van der Waals surface area (Å²) in [5, 5.41) is 19.6. The molecular weight excluding hydrogens is 576 g/mol. The highest BCUT2D eigenvalue weighted by Gasteiger charge is 2.23. The monoisotopic (exact) mass is 604 g/mol. The molecule has 9 nitrogen and oxygen atoms in total. The minimum atomic E-state index is -1.12. The molecule has 2 amide bonds. The smallest absolute Gasteiger partial charge is 0.412 e. The first-order valence-corrected chi connectivity index (χ1v) is 13.4. The van der Waals surface area contributed by atoms with Crippen molar-refractivity contribution in [2.45, 2.75) is 32.4 Å². The van der Waals surface area contributed by atoms with Gasteiger partial charge in [0.15, 0.2) is 0 Å². The summed E-state index contributed by atoms with van der Waals surface area (Å²) in [5.74, 6) is -1.63. The molecule has 0 saturated carbocycles. The molecule has 2 atom stereocenters. The number of aliphatic carboxylic acids is 1. The Morgan fingerprint density at radius 1 is 1.00 bits per heavy atom. The second kappa shape index (κ2) is 12.6. The van der Waals surface area contributed by atoms with E-state index in [-0.39, 0.29) is 6.42 Å². The van der Waals surface area contributed by atoms with E-state index in [9.17, 15) is 19.5 Å². The van der Waals surface area contributed by atoms with Crippen molar-refractivity contribution in [2.75, 3.05) is 5.32 Å². The highest BCUT2D eigenvalue weighted by molar-refractivity contribution is 9.10. The number of aryl methyl sites for hydroxylation is 1. The molecule has 1 aromatic heterocycles. The average Bonchev–Trinajstić information content (AvgIpc) is 3.22. The van der Waals surface area contributed by atoms with Crippen molar-refractivity contribution in [3.8, 4) is 11.3 Å². The van der Waals surface area contributed by atoms with Gasteiger partial charge >= 0.3 is 12.1 Å². The number of halogens is 1. The van der Waals surface area contributed by atoms with Gasteiger partial charge in [-0.25, -0.2) is 9.59 Å². The molecule has 0 aliphatic carbocycles. The summed E-state index contributed by atoms with van der Waals surface area (Å²) in [6.45, 7) is 3.62. The van der Waals surface area contributed by atoms with Crippen LogP contribution in [0.2, 0.25) is 0 Å². The average molecular weight is 605 g/mol. The summed E-state index contributed by atoms with van der Waals surface area (Å²) in [7, 11) is 1.77. The minimum absolute atomic E-state index is 0.146. The first-order valence-electron chi connectivity index (χ1n) is 12.6. The Morgan fingerprint density at radius 3 is 2.27 bits per heavy atom. The van der Waals surface area contributed by atoms with Gasteiger partial charge in [0, 0.05) is 29.1 Å². The summed E-state index contributed by atoms with van der Waals surface area (Å²) < 4.78 is 8.09. The molecule has 3 aromatic carbocycles. The third-order valence-corrected chi connectivity index (χ3v) is 7.02. The largest absolute Gasteiger partial charge is 0.480 e. The van der Waals surface area contributed by atoms with Crippen molar-refractivity contribution in [2.24, 2.45) is 7.05 Å². The zero-order valence-electron chi connectivity index (χ0n) is 22.2. The number of anilines is 1. The van der Waals surface area contributed by atoms with E-state index in [0.29, 0.717) is 22.5 Å². The maximum atomic E-state index is 12.9. The maximum Gasteiger partial charge on any atom is 0.412 e. The van der Waals surface area contributed by atoms with Crippen LogP contribution < -0.4 is 10.6 Å². The topological polar surface area (TPSA) is 123 Å². The van der Waals surface area contributed by atoms with Gasteiger partial charge in [0.05, 0.1) is 11.4 Å². The lowest BCUT2D eigenvalue weighted by molar-refractivity contribution is -0.139. The van der Waals surface area contributed by atoms with Crippen molar-refractivity contribution < 1.29 is 24.2 Å². The molecule has 206 valence electrons. The quantitative estimate of drug-likeness (QED) is 0.219. The number of hydrogen-bond donors (Lipinski definition) is 3. The molecule has 10 heteroatoms. The van der Waals surface area contributed by atoms with E-state index >= 15 is 0 Å². The fourth-order valence-electron chi connectivity index (χ4n) is 4.12. The molecule has 3 N–H and O–H groups in total. The number of hydrogen-bond acceptors (Lipinski definition) is 5. The van der Waals surface area contributed by atoms with Gasteiger partial charge in [-0.1, -0.05) is 70.5 Å². The van der Waals surface area contributed by atoms with Crippen LogP contribution in [0.4, 0.5) is 10.5 Å². The maximum absolute atomic E-state index is 12.9. The Balaban J connectivity index is 1.46. The van der Waals surface area contributed by atoms with E-state index in [2.05, 4.69) is 31.7 Å². The molecule has 0 radical (unpaired) electrons. The van der Waals surface area contributed by atoms with Crippen molar-refractivity contribution >= 4 is 39.6 Å². The van der Waals surface area contributed by atoms with E-state index in [1.54, 1.807) is 55.1 Å². The third-order valence-electron chi connectivity index (χ3n) is 6.49. The summed E-state index contributed by atoms with van der Waals surface area (Å²) in [5.41, 5.74) is 4.34. The number of rotatable bonds is 9. The van der Waals surface area contributed by atoms with E-state index < -0.39 is 30.1 Å². The van der Waals surface area contributed by atoms with Crippen LogP contribution in [0.25, 0.3) is 11.3 Å². The van der Waals surface area contributed by atoms with Gasteiger partial charge in [0.2, 0.25) is 0 Å². The van der Waals surface area contributed by atoms with Crippen LogP contribution in [0, 0.1) is 6.92 Å². The summed E-state index contributed by atoms with van der Waals surface area (Å²) in [6.07, 6.45) is -0.916. The number of carboxylic acids is 1. The fraction of sp³-hybridized carbons (Fsp3) is 0.200. The first-order chi connectivity index (χ1) is 19.1. The molecule has 4 aromatic rings. The van der Waals surface area contributed by atoms with E-state index in [1.807, 2.05) is 49.4 Å². The number of benzene rings is 3. The number of carbonyl (C=O) groups excluding carboxylic acids is 2. The van der Waals surface area contributed by atoms with Crippen LogP contribution in [0.5, 0.6) is 0 Å². The molecule has 0 spiro atoms. The standard InChI is InChI=1S/C30H29BrN4O5/c1-18-26(33-30(39)40-19(2)21-7-5-4-6-8-21)27(34-35(18)3)22-11-13-23(14-12-22)28(36)32-25(29(37)38)17-20-9-15-24(31)16-10-20/h4-16,19,25H,17H2,1-3H3,(H,32,36)(H,33,39)(H,37,38)/t19-,25?/m1/s1. The SMILES string of the molecule is Cc1c(NC(=O)O[C@H](C)c2ccccc2)c(-c2ccc(C(=O)NC(Cc3ccc(Br)cc3)C(=O)O)cc2)nn1C. The van der Waals surface area contributed by atoms with Crippen molar-refractivity contribution in [1.29, 1.82) is 0 Å². The van der Waals surface area contributed by atoms with E-state index in [1.165, 1.54) is 0 Å². The predicted octanol–water partition coefficient (Wildman–Crippen LogP) is 5.89. The molecule has 0 aliphatic heterocycles. The lowest BCUT2D eigenvalue weighted by Crippen LogP contribution is -2.42. The summed E-state index contributed by atoms with van der Waals surface area (Å²) in [4.78, 5) is 37.4. The Labute approximate surface area is 240 Å². The van der Waals surface area contributed by atoms with Gasteiger partial charge in [-0.15, -0.1) is 0 Å². The first kappa shape index (κ1) is 28.6. The zero-order valence-corrected chi connectivity index (χ0v) is 23.8. The van der Waals surface area contributed by atoms with Gasteiger partial charge in [0.1, 0.15) is 17.8 Å². The summed E-state index contributed by atoms with van der Waals surface area (Å²) >= 11 is 3.35. The number of ether oxygens (including phenoxy) is 1. The van der Waals surface area contributed by atoms with Crippen LogP contribution in [-0.2, 0) is 23.0 Å². The Bertz CT molecular complexity index is 1500. The highest BCUT2D eigenvalue weighted by Crippen LogP contribution is 2.30. The van der Waals surface area contributed by atoms with E-state index in [4.69, 9.17) is 4.74 Å². The number of aromatic nitrogens is 2. The Hall–Kier alpha value is -4.44. The molecule has 0 aliphatic rings. The molecule has 0 bridgehead atoms. The molecule has 4 rings (SSSR count). The number of nitrogens with zero attached hydrogens (tertiary/aromatic N) is 2. The minimum Gasteiger partial charge on any atom is -0.480 e. The normalized spacial score (nSPS) is 12.3. The van der Waals surface area contributed by atoms with Crippen molar-refractivity contribution in [3.05, 3.63) is 106 Å². The van der Waals surface area contributed by atoms with Gasteiger partial charge in [-0.05, 0) is 49.2 Å². The number of nitrogens with one attached hydrogen (secondary N) is 2. The van der Waals surface area contributed by atoms with Crippen molar-refractivity contribution in [3.63, 3.8) is 0 Å². The van der Waals surface area contributed by atoms with Gasteiger partial charge in [0.25, 0.3) is 5.91 Å². The van der Waals surface area contributed by atoms with Crippen LogP contribution in [0.1, 0.15) is 40.2 Å². The lowest BCUT2D eigenvalue weighted by Gasteiger charge is -2.15. The van der Waals surface area contributed by atoms with Crippen LogP contribution in [0.15, 0.2) is 83.3 Å². The van der Waals surface area contributed by atoms with E-state index in [0.717, 1.165) is 21.3 Å². The Kier molecular flexibility index (Phi) is 9.00. The fourth-order valence-corrected chi connectivity index (χ4v) is 4.39.